The molecular weight excluding hydrogens is 518 g/mol. The topological polar surface area (TPSA) is 59.1 Å². The quantitative estimate of drug-likeness (QED) is 0.339. The van der Waals surface area contributed by atoms with Crippen molar-refractivity contribution in [1.29, 1.82) is 0 Å². The molecule has 4 unspecified atom stereocenters. The van der Waals surface area contributed by atoms with Gasteiger partial charge in [-0.2, -0.15) is 26.3 Å². The van der Waals surface area contributed by atoms with Gasteiger partial charge in [-0.3, -0.25) is 9.69 Å². The second-order valence-corrected chi connectivity index (χ2v) is 9.48. The summed E-state index contributed by atoms with van der Waals surface area (Å²) >= 11 is 0. The fraction of sp³-hybridized carbons (Fsp3) is 0.462. The van der Waals surface area contributed by atoms with Crippen molar-refractivity contribution in [3.63, 3.8) is 0 Å². The van der Waals surface area contributed by atoms with Crippen molar-refractivity contribution in [3.8, 4) is 0 Å². The number of carbonyl (C=O) groups is 2. The standard InChI is InChI=1S/C26H26F6N2O4/c1-15(18-10-19(25(27,28)29)12-20(11-18)26(30,31)32)38-23-22(16-6-4-3-5-7-16)17(8-9-37-23)13-34-21(35)14-33(2)24(34)36/h3-7,10-12,15,17,22-23H,8-9,13-14H2,1-2H3. The van der Waals surface area contributed by atoms with Crippen LogP contribution in [0.1, 0.15) is 47.6 Å². The van der Waals surface area contributed by atoms with Gasteiger partial charge in [0.25, 0.3) is 0 Å². The smallest absolute Gasteiger partial charge is 0.352 e. The SMILES string of the molecule is CC(OC1OCCC(CN2C(=O)CN(C)C2=O)C1c1ccccc1)c1cc(C(F)(F)F)cc(C(F)(F)F)c1. The summed E-state index contributed by atoms with van der Waals surface area (Å²) in [6, 6.07) is 9.79. The van der Waals surface area contributed by atoms with Crippen LogP contribution in [-0.4, -0.2) is 54.8 Å². The molecule has 2 saturated heterocycles. The molecule has 2 heterocycles. The molecule has 206 valence electrons. The Labute approximate surface area is 215 Å². The van der Waals surface area contributed by atoms with Gasteiger partial charge in [0.1, 0.15) is 6.54 Å². The molecule has 2 aromatic rings. The highest BCUT2D eigenvalue weighted by Gasteiger charge is 2.43. The summed E-state index contributed by atoms with van der Waals surface area (Å²) in [4.78, 5) is 27.3. The van der Waals surface area contributed by atoms with E-state index in [0.717, 1.165) is 10.5 Å². The van der Waals surface area contributed by atoms with E-state index in [1.807, 2.05) is 0 Å². The number of hydrogen-bond acceptors (Lipinski definition) is 4. The summed E-state index contributed by atoms with van der Waals surface area (Å²) < 4.78 is 92.1. The monoisotopic (exact) mass is 544 g/mol. The molecule has 2 aliphatic heterocycles. The molecule has 6 nitrogen and oxygen atoms in total. The van der Waals surface area contributed by atoms with Crippen LogP contribution < -0.4 is 0 Å². The van der Waals surface area contributed by atoms with E-state index in [1.165, 1.54) is 18.9 Å². The van der Waals surface area contributed by atoms with Crippen LogP contribution in [-0.2, 0) is 26.6 Å². The van der Waals surface area contributed by atoms with Crippen molar-refractivity contribution in [2.75, 3.05) is 26.7 Å². The van der Waals surface area contributed by atoms with E-state index < -0.39 is 47.8 Å². The number of alkyl halides is 6. The highest BCUT2D eigenvalue weighted by Crippen LogP contribution is 2.42. The molecule has 0 bridgehead atoms. The zero-order valence-electron chi connectivity index (χ0n) is 20.6. The van der Waals surface area contributed by atoms with Crippen molar-refractivity contribution in [2.24, 2.45) is 5.92 Å². The van der Waals surface area contributed by atoms with Crippen molar-refractivity contribution in [1.82, 2.24) is 9.80 Å². The fourth-order valence-corrected chi connectivity index (χ4v) is 4.85. The molecule has 0 spiro atoms. The van der Waals surface area contributed by atoms with Gasteiger partial charge in [0, 0.05) is 19.5 Å². The van der Waals surface area contributed by atoms with Gasteiger partial charge in [-0.25, -0.2) is 4.79 Å². The molecule has 2 aliphatic rings. The van der Waals surface area contributed by atoms with Crippen LogP contribution in [0.25, 0.3) is 0 Å². The minimum Gasteiger partial charge on any atom is -0.352 e. The number of urea groups is 1. The Bertz CT molecular complexity index is 1140. The van der Waals surface area contributed by atoms with Gasteiger partial charge in [-0.1, -0.05) is 30.3 Å². The Morgan fingerprint density at radius 2 is 1.61 bits per heavy atom. The van der Waals surface area contributed by atoms with Crippen molar-refractivity contribution in [2.45, 2.75) is 44.0 Å². The number of halogens is 6. The highest BCUT2D eigenvalue weighted by molar-refractivity contribution is 6.01. The van der Waals surface area contributed by atoms with Crippen LogP contribution in [0.4, 0.5) is 31.1 Å². The lowest BCUT2D eigenvalue weighted by atomic mass is 9.81. The number of hydrogen-bond donors (Lipinski definition) is 0. The van der Waals surface area contributed by atoms with Crippen LogP contribution >= 0.6 is 0 Å². The first kappa shape index (κ1) is 27.9. The first-order valence-electron chi connectivity index (χ1n) is 11.9. The summed E-state index contributed by atoms with van der Waals surface area (Å²) in [5, 5.41) is 0. The summed E-state index contributed by atoms with van der Waals surface area (Å²) in [7, 11) is 1.51. The number of amides is 3. The van der Waals surface area contributed by atoms with Crippen LogP contribution in [0.3, 0.4) is 0 Å². The molecule has 0 aromatic heterocycles. The molecule has 4 atom stereocenters. The third-order valence-electron chi connectivity index (χ3n) is 6.82. The van der Waals surface area contributed by atoms with Gasteiger partial charge in [-0.15, -0.1) is 0 Å². The Morgan fingerprint density at radius 3 is 2.13 bits per heavy atom. The second kappa shape index (κ2) is 10.6. The molecule has 12 heteroatoms. The van der Waals surface area contributed by atoms with Gasteiger partial charge in [0.05, 0.1) is 23.8 Å². The van der Waals surface area contributed by atoms with Gasteiger partial charge in [0.15, 0.2) is 6.29 Å². The van der Waals surface area contributed by atoms with Crippen LogP contribution in [0.2, 0.25) is 0 Å². The van der Waals surface area contributed by atoms with E-state index in [2.05, 4.69) is 0 Å². The average Bonchev–Trinajstić information content (AvgIpc) is 3.09. The Morgan fingerprint density at radius 1 is 1.00 bits per heavy atom. The number of rotatable bonds is 6. The predicted octanol–water partition coefficient (Wildman–Crippen LogP) is 5.84. The summed E-state index contributed by atoms with van der Waals surface area (Å²) in [5.74, 6) is -1.23. The third kappa shape index (κ3) is 5.96. The second-order valence-electron chi connectivity index (χ2n) is 9.48. The van der Waals surface area contributed by atoms with Gasteiger partial charge >= 0.3 is 18.4 Å². The third-order valence-corrected chi connectivity index (χ3v) is 6.82. The highest BCUT2D eigenvalue weighted by atomic mass is 19.4. The lowest BCUT2D eigenvalue weighted by molar-refractivity contribution is -0.210. The molecule has 0 N–H and O–H groups in total. The lowest BCUT2D eigenvalue weighted by Gasteiger charge is -2.40. The zero-order valence-corrected chi connectivity index (χ0v) is 20.6. The van der Waals surface area contributed by atoms with E-state index in [9.17, 15) is 35.9 Å². The number of benzene rings is 2. The maximum absolute atomic E-state index is 13.4. The first-order valence-corrected chi connectivity index (χ1v) is 11.9. The van der Waals surface area contributed by atoms with E-state index in [1.54, 1.807) is 30.3 Å². The maximum atomic E-state index is 13.4. The van der Waals surface area contributed by atoms with E-state index in [-0.39, 0.29) is 43.2 Å². The Balaban J connectivity index is 1.64. The average molecular weight is 544 g/mol. The summed E-state index contributed by atoms with van der Waals surface area (Å²) in [5.41, 5.74) is -2.44. The Kier molecular flexibility index (Phi) is 7.76. The van der Waals surface area contributed by atoms with E-state index in [0.29, 0.717) is 18.6 Å². The lowest BCUT2D eigenvalue weighted by Crippen LogP contribution is -2.44. The molecule has 0 saturated carbocycles. The minimum atomic E-state index is -4.99. The molecule has 0 aliphatic carbocycles. The molecule has 2 fully saturated rings. The molecule has 2 aromatic carbocycles. The number of carbonyl (C=O) groups excluding carboxylic acids is 2. The zero-order chi connectivity index (χ0) is 27.8. The predicted molar refractivity (Wildman–Crippen MR) is 123 cm³/mol. The summed E-state index contributed by atoms with van der Waals surface area (Å²) in [6.45, 7) is 1.54. The van der Waals surface area contributed by atoms with Gasteiger partial charge in [-0.05, 0) is 48.6 Å². The molecule has 3 amide bonds. The van der Waals surface area contributed by atoms with Crippen molar-refractivity contribution in [3.05, 3.63) is 70.8 Å². The van der Waals surface area contributed by atoms with Crippen molar-refractivity contribution >= 4 is 11.9 Å². The number of likely N-dealkylation sites (N-methyl/N-ethyl adjacent to an activating group) is 1. The fourth-order valence-electron chi connectivity index (χ4n) is 4.85. The molecule has 38 heavy (non-hydrogen) atoms. The van der Waals surface area contributed by atoms with Crippen LogP contribution in [0.15, 0.2) is 48.5 Å². The summed E-state index contributed by atoms with van der Waals surface area (Å²) in [6.07, 6.45) is -11.8. The molecule has 0 radical (unpaired) electrons. The van der Waals surface area contributed by atoms with Crippen LogP contribution in [0, 0.1) is 5.92 Å². The van der Waals surface area contributed by atoms with E-state index in [4.69, 9.17) is 9.47 Å². The Hall–Kier alpha value is -3.12. The first-order chi connectivity index (χ1) is 17.8. The van der Waals surface area contributed by atoms with Crippen molar-refractivity contribution < 1.29 is 45.4 Å². The number of imide groups is 1. The largest absolute Gasteiger partial charge is 0.416 e. The van der Waals surface area contributed by atoms with Gasteiger partial charge in [0.2, 0.25) is 5.91 Å². The van der Waals surface area contributed by atoms with E-state index >= 15 is 0 Å². The maximum Gasteiger partial charge on any atom is 0.416 e. The molecular formula is C26H26F6N2O4. The molecule has 4 rings (SSSR count). The minimum absolute atomic E-state index is 0.0495. The number of nitrogens with zero attached hydrogens (tertiary/aromatic N) is 2. The normalized spacial score (nSPS) is 23.7. The van der Waals surface area contributed by atoms with Crippen LogP contribution in [0.5, 0.6) is 0 Å². The van der Waals surface area contributed by atoms with Gasteiger partial charge < -0.3 is 14.4 Å². The number of ether oxygens (including phenoxy) is 2.